The van der Waals surface area contributed by atoms with Crippen molar-refractivity contribution in [3.05, 3.63) is 22.4 Å². The lowest BCUT2D eigenvalue weighted by Gasteiger charge is -2.10. The van der Waals surface area contributed by atoms with Crippen LogP contribution in [0, 0.1) is 10.8 Å². The average Bonchev–Trinajstić information content (AvgIpc) is 2.63. The van der Waals surface area contributed by atoms with E-state index in [4.69, 9.17) is 0 Å². The maximum atomic E-state index is 12.4. The van der Waals surface area contributed by atoms with Gasteiger partial charge in [-0.2, -0.15) is 0 Å². The highest BCUT2D eigenvalue weighted by Gasteiger charge is 2.65. The third-order valence-corrected chi connectivity index (χ3v) is 5.29. The highest BCUT2D eigenvalue weighted by atomic mass is 79.9. The number of hydrogen-bond acceptors (Lipinski definition) is 1. The zero-order valence-electron chi connectivity index (χ0n) is 12.4. The molecule has 1 aliphatic rings. The first kappa shape index (κ1) is 14.6. The average molecular weight is 327 g/mol. The van der Waals surface area contributed by atoms with Crippen LogP contribution in [0.2, 0.25) is 0 Å². The summed E-state index contributed by atoms with van der Waals surface area (Å²) in [6.45, 7) is 11.8. The summed E-state index contributed by atoms with van der Waals surface area (Å²) in [4.78, 5) is 12.4. The molecule has 4 heteroatoms. The first-order valence-corrected chi connectivity index (χ1v) is 7.67. The number of hydrogen-bond donors (Lipinski definition) is 1. The molecule has 1 aromatic rings. The van der Waals surface area contributed by atoms with Crippen molar-refractivity contribution in [2.75, 3.05) is 0 Å². The van der Waals surface area contributed by atoms with Gasteiger partial charge in [-0.15, -0.1) is 0 Å². The summed E-state index contributed by atoms with van der Waals surface area (Å²) in [6.07, 6.45) is 2.99. The number of rotatable bonds is 4. The zero-order chi connectivity index (χ0) is 14.4. The molecule has 1 fully saturated rings. The molecule has 1 aromatic heterocycles. The predicted molar refractivity (Wildman–Crippen MR) is 81.2 cm³/mol. The lowest BCUT2D eigenvalue weighted by molar-refractivity contribution is 0.0934. The van der Waals surface area contributed by atoms with E-state index >= 15 is 0 Å². The van der Waals surface area contributed by atoms with Gasteiger partial charge in [0.2, 0.25) is 0 Å². The Morgan fingerprint density at radius 3 is 2.42 bits per heavy atom. The summed E-state index contributed by atoms with van der Waals surface area (Å²) in [6, 6.07) is 2.14. The largest absolute Gasteiger partial charge is 0.347 e. The van der Waals surface area contributed by atoms with Gasteiger partial charge in [0.15, 0.2) is 0 Å². The quantitative estimate of drug-likeness (QED) is 0.896. The molecular formula is C15H23BrN2O. The summed E-state index contributed by atoms with van der Waals surface area (Å²) in [5.74, 6) is 0.0304. The van der Waals surface area contributed by atoms with Crippen LogP contribution >= 0.6 is 15.9 Å². The molecule has 106 valence electrons. The van der Waals surface area contributed by atoms with Crippen molar-refractivity contribution in [2.45, 2.75) is 53.6 Å². The molecule has 3 nitrogen and oxygen atoms in total. The van der Waals surface area contributed by atoms with E-state index in [2.05, 4.69) is 55.9 Å². The normalized spacial score (nSPS) is 20.3. The van der Waals surface area contributed by atoms with Gasteiger partial charge in [-0.25, -0.2) is 0 Å². The van der Waals surface area contributed by atoms with E-state index in [0.717, 1.165) is 23.1 Å². The standard InChI is InChI=1S/C15H23BrN2O/c1-6-7-18-9-10(16)8-11(18)12(19)17-13-14(2,3)15(13,4)5/h8-9,13H,6-7H2,1-5H3,(H,17,19). The molecule has 0 bridgehead atoms. The fourth-order valence-corrected chi connectivity index (χ4v) is 3.32. The number of amides is 1. The first-order valence-electron chi connectivity index (χ1n) is 6.88. The summed E-state index contributed by atoms with van der Waals surface area (Å²) in [5, 5.41) is 3.18. The maximum Gasteiger partial charge on any atom is 0.268 e. The molecule has 1 amide bonds. The molecule has 0 saturated heterocycles. The van der Waals surface area contributed by atoms with Gasteiger partial charge in [0.05, 0.1) is 0 Å². The van der Waals surface area contributed by atoms with Crippen molar-refractivity contribution in [2.24, 2.45) is 10.8 Å². The van der Waals surface area contributed by atoms with E-state index in [1.54, 1.807) is 0 Å². The Hall–Kier alpha value is -0.770. The van der Waals surface area contributed by atoms with Crippen molar-refractivity contribution in [3.63, 3.8) is 0 Å². The van der Waals surface area contributed by atoms with Gasteiger partial charge in [-0.1, -0.05) is 34.6 Å². The molecule has 0 atom stereocenters. The summed E-state index contributed by atoms with van der Waals surface area (Å²) in [7, 11) is 0. The smallest absolute Gasteiger partial charge is 0.268 e. The van der Waals surface area contributed by atoms with Crippen LogP contribution in [0.3, 0.4) is 0 Å². The minimum absolute atomic E-state index is 0.0304. The van der Waals surface area contributed by atoms with Crippen molar-refractivity contribution in [3.8, 4) is 0 Å². The molecule has 1 saturated carbocycles. The summed E-state index contributed by atoms with van der Waals surface area (Å²) in [5.41, 5.74) is 1.08. The van der Waals surface area contributed by atoms with Crippen LogP contribution in [-0.2, 0) is 6.54 Å². The van der Waals surface area contributed by atoms with Gasteiger partial charge in [-0.05, 0) is 39.2 Å². The fraction of sp³-hybridized carbons (Fsp3) is 0.667. The molecule has 0 unspecified atom stereocenters. The SMILES string of the molecule is CCCn1cc(Br)cc1C(=O)NC1C(C)(C)C1(C)C. The van der Waals surface area contributed by atoms with Crippen LogP contribution in [0.15, 0.2) is 16.7 Å². The first-order chi connectivity index (χ1) is 8.71. The third-order valence-electron chi connectivity index (χ3n) is 4.86. The van der Waals surface area contributed by atoms with Crippen LogP contribution in [0.25, 0.3) is 0 Å². The van der Waals surface area contributed by atoms with Crippen LogP contribution in [0.4, 0.5) is 0 Å². The fourth-order valence-electron chi connectivity index (χ4n) is 2.85. The van der Waals surface area contributed by atoms with E-state index in [1.807, 2.05) is 16.8 Å². The van der Waals surface area contributed by atoms with Gasteiger partial charge in [0, 0.05) is 23.3 Å². The van der Waals surface area contributed by atoms with Crippen LogP contribution in [0.1, 0.15) is 51.5 Å². The Balaban J connectivity index is 2.14. The second-order valence-electron chi connectivity index (χ2n) is 6.59. The van der Waals surface area contributed by atoms with Gasteiger partial charge < -0.3 is 9.88 Å². The van der Waals surface area contributed by atoms with Crippen molar-refractivity contribution in [1.29, 1.82) is 0 Å². The number of aryl methyl sites for hydroxylation is 1. The number of nitrogens with zero attached hydrogens (tertiary/aromatic N) is 1. The second kappa shape index (κ2) is 4.65. The Morgan fingerprint density at radius 1 is 1.37 bits per heavy atom. The van der Waals surface area contributed by atoms with Crippen molar-refractivity contribution < 1.29 is 4.79 Å². The Morgan fingerprint density at radius 2 is 1.95 bits per heavy atom. The summed E-state index contributed by atoms with van der Waals surface area (Å²) >= 11 is 3.45. The molecule has 1 aliphatic carbocycles. The zero-order valence-corrected chi connectivity index (χ0v) is 14.0. The van der Waals surface area contributed by atoms with E-state index in [0.29, 0.717) is 0 Å². The second-order valence-corrected chi connectivity index (χ2v) is 7.50. The minimum atomic E-state index is 0.0304. The molecule has 2 rings (SSSR count). The van der Waals surface area contributed by atoms with E-state index in [-0.39, 0.29) is 22.8 Å². The van der Waals surface area contributed by atoms with Gasteiger partial charge >= 0.3 is 0 Å². The Labute approximate surface area is 123 Å². The molecule has 19 heavy (non-hydrogen) atoms. The number of aromatic nitrogens is 1. The number of nitrogens with one attached hydrogen (secondary N) is 1. The summed E-state index contributed by atoms with van der Waals surface area (Å²) < 4.78 is 2.97. The molecular weight excluding hydrogens is 304 g/mol. The predicted octanol–water partition coefficient (Wildman–Crippen LogP) is 3.83. The Kier molecular flexibility index (Phi) is 3.58. The van der Waals surface area contributed by atoms with Gasteiger partial charge in [0.25, 0.3) is 5.91 Å². The lowest BCUT2D eigenvalue weighted by atomic mass is 10.0. The van der Waals surface area contributed by atoms with Crippen molar-refractivity contribution >= 4 is 21.8 Å². The highest BCUT2D eigenvalue weighted by molar-refractivity contribution is 9.10. The van der Waals surface area contributed by atoms with Crippen LogP contribution in [0.5, 0.6) is 0 Å². The minimum Gasteiger partial charge on any atom is -0.347 e. The Bertz CT molecular complexity index is 488. The van der Waals surface area contributed by atoms with E-state index in [9.17, 15) is 4.79 Å². The highest BCUT2D eigenvalue weighted by Crippen LogP contribution is 2.62. The molecule has 1 heterocycles. The number of carbonyl (C=O) groups excluding carboxylic acids is 1. The molecule has 0 spiro atoms. The number of carbonyl (C=O) groups is 1. The number of halogens is 1. The lowest BCUT2D eigenvalue weighted by Crippen LogP contribution is -2.31. The van der Waals surface area contributed by atoms with Crippen LogP contribution in [-0.4, -0.2) is 16.5 Å². The molecule has 0 radical (unpaired) electrons. The monoisotopic (exact) mass is 326 g/mol. The topological polar surface area (TPSA) is 34.0 Å². The van der Waals surface area contributed by atoms with E-state index in [1.165, 1.54) is 0 Å². The van der Waals surface area contributed by atoms with Crippen LogP contribution < -0.4 is 5.32 Å². The maximum absolute atomic E-state index is 12.4. The molecule has 0 aromatic carbocycles. The van der Waals surface area contributed by atoms with Gasteiger partial charge in [-0.3, -0.25) is 4.79 Å². The van der Waals surface area contributed by atoms with E-state index < -0.39 is 0 Å². The van der Waals surface area contributed by atoms with Gasteiger partial charge in [0.1, 0.15) is 5.69 Å². The third kappa shape index (κ3) is 2.35. The van der Waals surface area contributed by atoms with Crippen molar-refractivity contribution in [1.82, 2.24) is 9.88 Å². The molecule has 1 N–H and O–H groups in total. The molecule has 0 aliphatic heterocycles.